The molecule has 162 valence electrons. The molecule has 1 saturated carbocycles. The van der Waals surface area contributed by atoms with Gasteiger partial charge in [0.2, 0.25) is 0 Å². The van der Waals surface area contributed by atoms with Crippen molar-refractivity contribution in [1.29, 1.82) is 0 Å². The smallest absolute Gasteiger partial charge is 0.280 e. The Labute approximate surface area is 179 Å². The van der Waals surface area contributed by atoms with Crippen molar-refractivity contribution in [1.82, 2.24) is 9.88 Å². The minimum atomic E-state index is -1.38. The molecule has 1 aromatic heterocycles. The van der Waals surface area contributed by atoms with Crippen LogP contribution < -0.4 is 14.6 Å². The van der Waals surface area contributed by atoms with Crippen LogP contribution in [0.25, 0.3) is 0 Å². The van der Waals surface area contributed by atoms with Gasteiger partial charge in [0.1, 0.15) is 5.69 Å². The number of pyridine rings is 1. The number of carbonyl (C=O) groups excluding carboxylic acids is 3. The third-order valence-corrected chi connectivity index (χ3v) is 5.60. The lowest BCUT2D eigenvalue weighted by molar-refractivity contribution is -0.306. The van der Waals surface area contributed by atoms with E-state index < -0.39 is 30.2 Å². The molecular formula is C23H23N2O6-. The molecule has 2 aliphatic rings. The summed E-state index contributed by atoms with van der Waals surface area (Å²) in [5.74, 6) is -1.57. The van der Waals surface area contributed by atoms with E-state index in [0.29, 0.717) is 23.7 Å². The summed E-state index contributed by atoms with van der Waals surface area (Å²) in [5.41, 5.74) is 0.616. The van der Waals surface area contributed by atoms with Gasteiger partial charge in [-0.15, -0.1) is 0 Å². The molecule has 1 aliphatic heterocycles. The number of hydrogen-bond donors (Lipinski definition) is 0. The van der Waals surface area contributed by atoms with Crippen molar-refractivity contribution in [2.45, 2.75) is 51.2 Å². The standard InChI is InChI=1S/C23H24N2O6/c1-2-30-19-12-14(9-10-18(19)31-15-6-3-4-7-15)17(13-20(26)27)25-22(28)16-8-5-11-24-21(16)23(25)29/h5,8-12,15,17H,2-4,6-7,13H2,1H3,(H,26,27)/p-1. The molecule has 2 heterocycles. The fraction of sp³-hybridized carbons (Fsp3) is 0.391. The lowest BCUT2D eigenvalue weighted by atomic mass is 10.0. The van der Waals surface area contributed by atoms with Crippen molar-refractivity contribution < 1.29 is 29.0 Å². The first kappa shape index (κ1) is 20.8. The van der Waals surface area contributed by atoms with Gasteiger partial charge in [0, 0.05) is 18.6 Å². The number of carboxylic acid groups (broad SMARTS) is 1. The molecule has 0 spiro atoms. The first-order valence-corrected chi connectivity index (χ1v) is 10.5. The van der Waals surface area contributed by atoms with Crippen LogP contribution in [0, 0.1) is 0 Å². The van der Waals surface area contributed by atoms with Gasteiger partial charge in [0.15, 0.2) is 11.5 Å². The van der Waals surface area contributed by atoms with E-state index in [4.69, 9.17) is 9.47 Å². The Morgan fingerprint density at radius 1 is 1.19 bits per heavy atom. The Hall–Kier alpha value is -3.42. The molecule has 0 N–H and O–H groups in total. The number of nitrogens with zero attached hydrogens (tertiary/aromatic N) is 2. The normalized spacial score (nSPS) is 17.0. The molecular weight excluding hydrogens is 400 g/mol. The molecule has 1 aliphatic carbocycles. The number of aliphatic carboxylic acids is 1. The van der Waals surface area contributed by atoms with Crippen LogP contribution in [0.1, 0.15) is 71.5 Å². The molecule has 8 nitrogen and oxygen atoms in total. The van der Waals surface area contributed by atoms with E-state index in [2.05, 4.69) is 4.98 Å². The highest BCUT2D eigenvalue weighted by atomic mass is 16.5. The van der Waals surface area contributed by atoms with Gasteiger partial charge in [-0.05, 0) is 62.4 Å². The zero-order valence-electron chi connectivity index (χ0n) is 17.2. The Bertz CT molecular complexity index is 980. The minimum absolute atomic E-state index is 0.0158. The second-order valence-corrected chi connectivity index (χ2v) is 7.64. The second-order valence-electron chi connectivity index (χ2n) is 7.64. The molecule has 2 aromatic rings. The molecule has 31 heavy (non-hydrogen) atoms. The molecule has 0 saturated heterocycles. The summed E-state index contributed by atoms with van der Waals surface area (Å²) in [6.07, 6.45) is 5.18. The first-order chi connectivity index (χ1) is 15.0. The van der Waals surface area contributed by atoms with Crippen LogP contribution >= 0.6 is 0 Å². The maximum Gasteiger partial charge on any atom is 0.280 e. The van der Waals surface area contributed by atoms with Crippen LogP contribution in [0.2, 0.25) is 0 Å². The fourth-order valence-electron chi connectivity index (χ4n) is 4.17. The maximum atomic E-state index is 12.9. The molecule has 2 amide bonds. The zero-order chi connectivity index (χ0) is 22.0. The summed E-state index contributed by atoms with van der Waals surface area (Å²) < 4.78 is 11.8. The summed E-state index contributed by atoms with van der Waals surface area (Å²) in [6, 6.07) is 7.01. The number of aromatic nitrogens is 1. The highest BCUT2D eigenvalue weighted by Gasteiger charge is 2.41. The molecule has 0 bridgehead atoms. The molecule has 1 aromatic carbocycles. The number of amides is 2. The SMILES string of the molecule is CCOc1cc(C(CC(=O)[O-])N2C(=O)c3cccnc3C2=O)ccc1OC1CCCC1. The van der Waals surface area contributed by atoms with E-state index in [1.54, 1.807) is 24.3 Å². The van der Waals surface area contributed by atoms with Gasteiger partial charge in [0.05, 0.1) is 24.3 Å². The summed E-state index contributed by atoms with van der Waals surface area (Å²) >= 11 is 0. The van der Waals surface area contributed by atoms with E-state index in [1.807, 2.05) is 6.92 Å². The monoisotopic (exact) mass is 423 g/mol. The number of carbonyl (C=O) groups is 3. The van der Waals surface area contributed by atoms with Gasteiger partial charge in [-0.3, -0.25) is 19.5 Å². The molecule has 8 heteroatoms. The second kappa shape index (κ2) is 8.75. The highest BCUT2D eigenvalue weighted by Crippen LogP contribution is 2.38. The van der Waals surface area contributed by atoms with Crippen LogP contribution in [-0.2, 0) is 4.79 Å². The number of carboxylic acids is 1. The van der Waals surface area contributed by atoms with Crippen molar-refractivity contribution in [2.75, 3.05) is 6.61 Å². The number of hydrogen-bond acceptors (Lipinski definition) is 7. The first-order valence-electron chi connectivity index (χ1n) is 10.5. The quantitative estimate of drug-likeness (QED) is 0.599. The predicted molar refractivity (Wildman–Crippen MR) is 108 cm³/mol. The number of benzene rings is 1. The van der Waals surface area contributed by atoms with E-state index >= 15 is 0 Å². The zero-order valence-corrected chi connectivity index (χ0v) is 17.2. The van der Waals surface area contributed by atoms with Crippen LogP contribution in [-0.4, -0.2) is 40.4 Å². The van der Waals surface area contributed by atoms with Gasteiger partial charge in [-0.2, -0.15) is 0 Å². The van der Waals surface area contributed by atoms with E-state index in [9.17, 15) is 19.5 Å². The minimum Gasteiger partial charge on any atom is -0.550 e. The van der Waals surface area contributed by atoms with Crippen LogP contribution in [0.15, 0.2) is 36.5 Å². The molecule has 0 radical (unpaired) electrons. The predicted octanol–water partition coefficient (Wildman–Crippen LogP) is 2.28. The number of rotatable bonds is 8. The average Bonchev–Trinajstić information content (AvgIpc) is 3.35. The molecule has 1 unspecified atom stereocenters. The van der Waals surface area contributed by atoms with E-state index in [-0.39, 0.29) is 17.4 Å². The summed E-state index contributed by atoms with van der Waals surface area (Å²) in [7, 11) is 0. The van der Waals surface area contributed by atoms with Crippen LogP contribution in [0.5, 0.6) is 11.5 Å². The molecule has 1 fully saturated rings. The number of ether oxygens (including phenoxy) is 2. The lowest BCUT2D eigenvalue weighted by Gasteiger charge is -2.28. The fourth-order valence-corrected chi connectivity index (χ4v) is 4.17. The van der Waals surface area contributed by atoms with E-state index in [0.717, 1.165) is 30.6 Å². The third kappa shape index (κ3) is 4.10. The van der Waals surface area contributed by atoms with Gasteiger partial charge >= 0.3 is 0 Å². The number of imide groups is 1. The topological polar surface area (TPSA) is 109 Å². The van der Waals surface area contributed by atoms with Gasteiger partial charge in [-0.1, -0.05) is 6.07 Å². The Morgan fingerprint density at radius 2 is 1.97 bits per heavy atom. The lowest BCUT2D eigenvalue weighted by Crippen LogP contribution is -2.38. The van der Waals surface area contributed by atoms with Crippen molar-refractivity contribution in [3.63, 3.8) is 0 Å². The van der Waals surface area contributed by atoms with Crippen molar-refractivity contribution >= 4 is 17.8 Å². The van der Waals surface area contributed by atoms with Crippen LogP contribution in [0.3, 0.4) is 0 Å². The maximum absolute atomic E-state index is 12.9. The highest BCUT2D eigenvalue weighted by molar-refractivity contribution is 6.20. The Balaban J connectivity index is 1.69. The van der Waals surface area contributed by atoms with Crippen molar-refractivity contribution in [3.8, 4) is 11.5 Å². The van der Waals surface area contributed by atoms with Crippen molar-refractivity contribution in [2.24, 2.45) is 0 Å². The van der Waals surface area contributed by atoms with Gasteiger partial charge < -0.3 is 19.4 Å². The van der Waals surface area contributed by atoms with E-state index in [1.165, 1.54) is 12.3 Å². The summed E-state index contributed by atoms with van der Waals surface area (Å²) in [5, 5.41) is 11.5. The van der Waals surface area contributed by atoms with Crippen molar-refractivity contribution in [3.05, 3.63) is 53.3 Å². The number of fused-ring (bicyclic) bond motifs is 1. The van der Waals surface area contributed by atoms with Gasteiger partial charge in [-0.25, -0.2) is 0 Å². The summed E-state index contributed by atoms with van der Waals surface area (Å²) in [6.45, 7) is 2.22. The average molecular weight is 423 g/mol. The van der Waals surface area contributed by atoms with Crippen LogP contribution in [0.4, 0.5) is 0 Å². The molecule has 1 atom stereocenters. The Morgan fingerprint density at radius 3 is 2.65 bits per heavy atom. The van der Waals surface area contributed by atoms with Gasteiger partial charge in [0.25, 0.3) is 11.8 Å². The Kier molecular flexibility index (Phi) is 5.88. The molecule has 4 rings (SSSR count). The third-order valence-electron chi connectivity index (χ3n) is 5.60. The largest absolute Gasteiger partial charge is 0.550 e. The summed E-state index contributed by atoms with van der Waals surface area (Å²) in [4.78, 5) is 42.2.